The van der Waals surface area contributed by atoms with E-state index in [4.69, 9.17) is 10.2 Å². The van der Waals surface area contributed by atoms with Crippen LogP contribution in [0.3, 0.4) is 0 Å². The van der Waals surface area contributed by atoms with Gasteiger partial charge in [0.25, 0.3) is 0 Å². The molecule has 23 heavy (non-hydrogen) atoms. The summed E-state index contributed by atoms with van der Waals surface area (Å²) < 4.78 is 1.99. The summed E-state index contributed by atoms with van der Waals surface area (Å²) in [4.78, 5) is 11.0. The minimum atomic E-state index is -0.918. The van der Waals surface area contributed by atoms with Gasteiger partial charge in [0, 0.05) is 11.3 Å². The van der Waals surface area contributed by atoms with Gasteiger partial charge < -0.3 is 5.11 Å². The number of rotatable bonds is 4. The molecular formula is C19H18N2O2. The molecule has 1 aromatic heterocycles. The van der Waals surface area contributed by atoms with Crippen LogP contribution in [-0.4, -0.2) is 20.9 Å². The zero-order valence-electron chi connectivity index (χ0n) is 13.2. The topological polar surface area (TPSA) is 55.1 Å². The van der Waals surface area contributed by atoms with Crippen molar-refractivity contribution in [2.24, 2.45) is 0 Å². The van der Waals surface area contributed by atoms with Crippen LogP contribution >= 0.6 is 0 Å². The lowest BCUT2D eigenvalue weighted by Crippen LogP contribution is -2.03. The minimum absolute atomic E-state index is 0.284. The molecule has 0 saturated carbocycles. The van der Waals surface area contributed by atoms with Crippen molar-refractivity contribution in [3.63, 3.8) is 0 Å². The number of aromatic carboxylic acids is 1. The highest BCUT2D eigenvalue weighted by Gasteiger charge is 2.13. The van der Waals surface area contributed by atoms with Crippen LogP contribution in [0, 0.1) is 13.8 Å². The normalized spacial score (nSPS) is 10.7. The van der Waals surface area contributed by atoms with Crippen molar-refractivity contribution >= 4 is 5.97 Å². The summed E-state index contributed by atoms with van der Waals surface area (Å²) in [6.07, 6.45) is 0. The lowest BCUT2D eigenvalue weighted by Gasteiger charge is -2.04. The maximum absolute atomic E-state index is 11.0. The Labute approximate surface area is 135 Å². The van der Waals surface area contributed by atoms with Crippen LogP contribution in [0.25, 0.3) is 11.3 Å². The maximum Gasteiger partial charge on any atom is 0.335 e. The molecule has 1 N–H and O–H groups in total. The Morgan fingerprint density at radius 2 is 1.70 bits per heavy atom. The van der Waals surface area contributed by atoms with E-state index in [0.29, 0.717) is 0 Å². The van der Waals surface area contributed by atoms with Gasteiger partial charge in [-0.15, -0.1) is 0 Å². The molecule has 0 unspecified atom stereocenters. The summed E-state index contributed by atoms with van der Waals surface area (Å²) in [5, 5.41) is 13.7. The van der Waals surface area contributed by atoms with Crippen molar-refractivity contribution in [1.29, 1.82) is 0 Å². The Hall–Kier alpha value is -2.88. The standard InChI is InChI=1S/C19H18N2O2/c1-13-14(2)21(12-15-6-4-3-5-7-15)20-18(13)16-8-10-17(11-9-16)19(22)23/h3-11H,12H2,1-2H3,(H,22,23). The number of carboxylic acids is 1. The summed E-state index contributed by atoms with van der Waals surface area (Å²) in [6.45, 7) is 4.82. The van der Waals surface area contributed by atoms with Gasteiger partial charge in [0.1, 0.15) is 0 Å². The molecule has 0 aliphatic heterocycles. The van der Waals surface area contributed by atoms with Gasteiger partial charge in [0.05, 0.1) is 17.8 Å². The van der Waals surface area contributed by atoms with Gasteiger partial charge in [0.2, 0.25) is 0 Å². The van der Waals surface area contributed by atoms with E-state index in [-0.39, 0.29) is 5.56 Å². The van der Waals surface area contributed by atoms with Gasteiger partial charge in [-0.2, -0.15) is 5.10 Å². The smallest absolute Gasteiger partial charge is 0.335 e. The average molecular weight is 306 g/mol. The summed E-state index contributed by atoms with van der Waals surface area (Å²) in [6, 6.07) is 17.1. The van der Waals surface area contributed by atoms with Crippen LogP contribution in [-0.2, 0) is 6.54 Å². The third kappa shape index (κ3) is 3.01. The Morgan fingerprint density at radius 3 is 2.30 bits per heavy atom. The van der Waals surface area contributed by atoms with Gasteiger partial charge >= 0.3 is 5.97 Å². The molecule has 3 rings (SSSR count). The van der Waals surface area contributed by atoms with Crippen LogP contribution in [0.5, 0.6) is 0 Å². The second-order valence-corrected chi connectivity index (χ2v) is 5.58. The molecule has 0 saturated heterocycles. The lowest BCUT2D eigenvalue weighted by atomic mass is 10.1. The van der Waals surface area contributed by atoms with Crippen LogP contribution < -0.4 is 0 Å². The first-order chi connectivity index (χ1) is 11.1. The molecule has 0 fully saturated rings. The van der Waals surface area contributed by atoms with Crippen LogP contribution in [0.4, 0.5) is 0 Å². The van der Waals surface area contributed by atoms with E-state index in [2.05, 4.69) is 19.1 Å². The van der Waals surface area contributed by atoms with Crippen molar-refractivity contribution in [2.45, 2.75) is 20.4 Å². The molecule has 2 aromatic carbocycles. The van der Waals surface area contributed by atoms with Crippen LogP contribution in [0.1, 0.15) is 27.2 Å². The SMILES string of the molecule is Cc1c(-c2ccc(C(=O)O)cc2)nn(Cc2ccccc2)c1C. The molecule has 0 aliphatic rings. The maximum atomic E-state index is 11.0. The molecule has 3 aromatic rings. The predicted octanol–water partition coefficient (Wildman–Crippen LogP) is 3.91. The zero-order valence-corrected chi connectivity index (χ0v) is 13.2. The van der Waals surface area contributed by atoms with Gasteiger partial charge in [-0.1, -0.05) is 42.5 Å². The molecular weight excluding hydrogens is 288 g/mol. The fourth-order valence-electron chi connectivity index (χ4n) is 2.59. The Balaban J connectivity index is 1.94. The van der Waals surface area contributed by atoms with E-state index in [0.717, 1.165) is 29.1 Å². The molecule has 0 bridgehead atoms. The number of benzene rings is 2. The molecule has 0 aliphatic carbocycles. The van der Waals surface area contributed by atoms with Crippen molar-refractivity contribution in [2.75, 3.05) is 0 Å². The van der Waals surface area contributed by atoms with Gasteiger partial charge in [-0.05, 0) is 37.1 Å². The monoisotopic (exact) mass is 306 g/mol. The van der Waals surface area contributed by atoms with Crippen molar-refractivity contribution in [3.8, 4) is 11.3 Å². The van der Waals surface area contributed by atoms with Crippen molar-refractivity contribution < 1.29 is 9.90 Å². The van der Waals surface area contributed by atoms with E-state index in [1.54, 1.807) is 12.1 Å². The second-order valence-electron chi connectivity index (χ2n) is 5.58. The third-order valence-corrected chi connectivity index (χ3v) is 4.09. The molecule has 1 heterocycles. The van der Waals surface area contributed by atoms with E-state index < -0.39 is 5.97 Å². The number of carbonyl (C=O) groups is 1. The van der Waals surface area contributed by atoms with E-state index in [1.807, 2.05) is 41.9 Å². The molecule has 0 atom stereocenters. The highest BCUT2D eigenvalue weighted by molar-refractivity contribution is 5.88. The molecule has 0 spiro atoms. The number of nitrogens with zero attached hydrogens (tertiary/aromatic N) is 2. The number of hydrogen-bond acceptors (Lipinski definition) is 2. The predicted molar refractivity (Wildman–Crippen MR) is 89.6 cm³/mol. The lowest BCUT2D eigenvalue weighted by molar-refractivity contribution is 0.0697. The first kappa shape index (κ1) is 15.0. The number of carboxylic acid groups (broad SMARTS) is 1. The van der Waals surface area contributed by atoms with E-state index >= 15 is 0 Å². The zero-order chi connectivity index (χ0) is 16.4. The Morgan fingerprint density at radius 1 is 1.04 bits per heavy atom. The van der Waals surface area contributed by atoms with Crippen LogP contribution in [0.15, 0.2) is 54.6 Å². The van der Waals surface area contributed by atoms with E-state index in [9.17, 15) is 4.79 Å². The van der Waals surface area contributed by atoms with Gasteiger partial charge in [-0.3, -0.25) is 4.68 Å². The summed E-state index contributed by atoms with van der Waals surface area (Å²) in [5.74, 6) is -0.918. The summed E-state index contributed by atoms with van der Waals surface area (Å²) in [5.41, 5.74) is 5.55. The fourth-order valence-corrected chi connectivity index (χ4v) is 2.59. The fraction of sp³-hybridized carbons (Fsp3) is 0.158. The molecule has 0 radical (unpaired) electrons. The second kappa shape index (κ2) is 6.08. The molecule has 116 valence electrons. The average Bonchev–Trinajstić information content (AvgIpc) is 2.84. The summed E-state index contributed by atoms with van der Waals surface area (Å²) >= 11 is 0. The summed E-state index contributed by atoms with van der Waals surface area (Å²) in [7, 11) is 0. The highest BCUT2D eigenvalue weighted by Crippen LogP contribution is 2.25. The Bertz CT molecular complexity index is 834. The number of aromatic nitrogens is 2. The van der Waals surface area contributed by atoms with Crippen LogP contribution in [0.2, 0.25) is 0 Å². The first-order valence-corrected chi connectivity index (χ1v) is 7.48. The molecule has 0 amide bonds. The van der Waals surface area contributed by atoms with Crippen molar-refractivity contribution in [1.82, 2.24) is 9.78 Å². The minimum Gasteiger partial charge on any atom is -0.478 e. The third-order valence-electron chi connectivity index (χ3n) is 4.09. The largest absolute Gasteiger partial charge is 0.478 e. The quantitative estimate of drug-likeness (QED) is 0.795. The first-order valence-electron chi connectivity index (χ1n) is 7.48. The molecule has 4 heteroatoms. The van der Waals surface area contributed by atoms with E-state index in [1.165, 1.54) is 5.56 Å². The van der Waals surface area contributed by atoms with Gasteiger partial charge in [0.15, 0.2) is 0 Å². The van der Waals surface area contributed by atoms with Gasteiger partial charge in [-0.25, -0.2) is 4.79 Å². The number of hydrogen-bond donors (Lipinski definition) is 1. The highest BCUT2D eigenvalue weighted by atomic mass is 16.4. The Kier molecular flexibility index (Phi) is 3.98. The molecule has 4 nitrogen and oxygen atoms in total. The van der Waals surface area contributed by atoms with Crippen molar-refractivity contribution in [3.05, 3.63) is 77.0 Å².